The number of rotatable bonds is 5. The van der Waals surface area contributed by atoms with Crippen molar-refractivity contribution >= 4 is 32.6 Å². The third-order valence-electron chi connectivity index (χ3n) is 3.00. The molecule has 0 spiro atoms. The van der Waals surface area contributed by atoms with E-state index in [-0.39, 0.29) is 34.9 Å². The van der Waals surface area contributed by atoms with Crippen molar-refractivity contribution in [3.8, 4) is 17.1 Å². The van der Waals surface area contributed by atoms with Crippen LogP contribution in [0.15, 0.2) is 25.8 Å². The lowest BCUT2D eigenvalue weighted by atomic mass is 10.1. The van der Waals surface area contributed by atoms with Gasteiger partial charge in [-0.3, -0.25) is 10.1 Å². The average Bonchev–Trinajstić information content (AvgIpc) is 3.06. The zero-order valence-electron chi connectivity index (χ0n) is 12.0. The second kappa shape index (κ2) is 6.33. The van der Waals surface area contributed by atoms with E-state index in [2.05, 4.69) is 36.6 Å². The second-order valence-electron chi connectivity index (χ2n) is 4.45. The molecule has 0 aliphatic carbocycles. The van der Waals surface area contributed by atoms with E-state index in [0.717, 1.165) is 0 Å². The van der Waals surface area contributed by atoms with E-state index in [4.69, 9.17) is 13.9 Å². The number of nitro groups is 1. The fraction of sp³-hybridized carbons (Fsp3) is 0.167. The molecule has 2 heterocycles. The van der Waals surface area contributed by atoms with Crippen LogP contribution < -0.4 is 10.4 Å². The van der Waals surface area contributed by atoms with Gasteiger partial charge in [0.1, 0.15) is 5.56 Å². The quantitative estimate of drug-likeness (QED) is 0.293. The van der Waals surface area contributed by atoms with Crippen molar-refractivity contribution < 1.29 is 18.8 Å². The van der Waals surface area contributed by atoms with Crippen LogP contribution in [0.5, 0.6) is 5.75 Å². The predicted octanol–water partition coefficient (Wildman–Crippen LogP) is 1.63. The Morgan fingerprint density at radius 1 is 1.46 bits per heavy atom. The highest BCUT2D eigenvalue weighted by Gasteiger charge is 2.27. The lowest BCUT2D eigenvalue weighted by molar-refractivity contribution is -0.385. The van der Waals surface area contributed by atoms with Crippen molar-refractivity contribution in [2.24, 2.45) is 0 Å². The largest absolute Gasteiger partial charge is 0.459 e. The summed E-state index contributed by atoms with van der Waals surface area (Å²) in [6.45, 7) is -0.212. The van der Waals surface area contributed by atoms with Crippen molar-refractivity contribution in [3.63, 3.8) is 0 Å². The summed E-state index contributed by atoms with van der Waals surface area (Å²) in [6, 6.07) is 2.89. The Morgan fingerprint density at radius 2 is 2.25 bits per heavy atom. The van der Waals surface area contributed by atoms with Gasteiger partial charge < -0.3 is 13.9 Å². The van der Waals surface area contributed by atoms with Crippen LogP contribution in [0.4, 0.5) is 5.69 Å². The molecule has 24 heavy (non-hydrogen) atoms. The molecule has 0 saturated heterocycles. The summed E-state index contributed by atoms with van der Waals surface area (Å²) in [5.41, 5.74) is -1.55. The van der Waals surface area contributed by atoms with Gasteiger partial charge in [-0.25, -0.2) is 4.79 Å². The zero-order valence-corrected chi connectivity index (χ0v) is 13.6. The number of H-pyrrole nitrogens is 1. The van der Waals surface area contributed by atoms with Crippen LogP contribution >= 0.6 is 15.9 Å². The van der Waals surface area contributed by atoms with Gasteiger partial charge in [0.15, 0.2) is 6.79 Å². The molecule has 1 N–H and O–H groups in total. The first-order chi connectivity index (χ1) is 11.5. The molecule has 0 radical (unpaired) electrons. The monoisotopic (exact) mass is 397 g/mol. The number of hydrogen-bond acceptors (Lipinski definition) is 9. The minimum absolute atomic E-state index is 0.0167. The summed E-state index contributed by atoms with van der Waals surface area (Å²) < 4.78 is 15.4. The van der Waals surface area contributed by atoms with E-state index in [1.165, 1.54) is 19.2 Å². The first-order valence-corrected chi connectivity index (χ1v) is 7.12. The number of nitrogens with one attached hydrogen (secondary N) is 1. The molecule has 0 fully saturated rings. The van der Waals surface area contributed by atoms with Gasteiger partial charge >= 0.3 is 11.3 Å². The molecule has 0 amide bonds. The van der Waals surface area contributed by atoms with Gasteiger partial charge in [0.25, 0.3) is 0 Å². The summed E-state index contributed by atoms with van der Waals surface area (Å²) in [7, 11) is 1.37. The number of ether oxygens (including phenoxy) is 2. The Bertz CT molecular complexity index is 970. The molecular weight excluding hydrogens is 390 g/mol. The standard InChI is InChI=1S/C12H8BrN5O6/c1-22-4-23-10-7(13)3-5-2-6(11-14-16-17-15-11)12(19)24-9(5)8(10)18(20)21/h2-3H,4H2,1H3,(H,14,15,16,17). The highest BCUT2D eigenvalue weighted by atomic mass is 79.9. The minimum atomic E-state index is -0.841. The molecule has 0 aliphatic rings. The first kappa shape index (κ1) is 16.0. The fourth-order valence-corrected chi connectivity index (χ4v) is 2.60. The molecule has 1 aromatic carbocycles. The van der Waals surface area contributed by atoms with Crippen molar-refractivity contribution in [2.75, 3.05) is 13.9 Å². The number of hydrogen-bond donors (Lipinski definition) is 1. The smallest absolute Gasteiger partial charge is 0.355 e. The van der Waals surface area contributed by atoms with Gasteiger partial charge in [0.2, 0.25) is 17.2 Å². The number of nitrogens with zero attached hydrogens (tertiary/aromatic N) is 4. The van der Waals surface area contributed by atoms with Crippen molar-refractivity contribution in [1.82, 2.24) is 20.6 Å². The van der Waals surface area contributed by atoms with Gasteiger partial charge in [-0.2, -0.15) is 5.21 Å². The molecule has 0 saturated carbocycles. The Kier molecular flexibility index (Phi) is 4.22. The van der Waals surface area contributed by atoms with Gasteiger partial charge in [-0.05, 0) is 33.3 Å². The average molecular weight is 398 g/mol. The molecule has 3 aromatic rings. The molecular formula is C12H8BrN5O6. The number of aromatic amines is 1. The zero-order chi connectivity index (χ0) is 17.3. The Labute approximate surface area is 140 Å². The Morgan fingerprint density at radius 3 is 2.88 bits per heavy atom. The van der Waals surface area contributed by atoms with E-state index in [1.807, 2.05) is 0 Å². The molecule has 0 bridgehead atoms. The maximum Gasteiger partial charge on any atom is 0.355 e. The number of benzene rings is 1. The first-order valence-electron chi connectivity index (χ1n) is 6.33. The van der Waals surface area contributed by atoms with E-state index < -0.39 is 16.2 Å². The molecule has 11 nitrogen and oxygen atoms in total. The second-order valence-corrected chi connectivity index (χ2v) is 5.30. The number of halogens is 1. The topological polar surface area (TPSA) is 146 Å². The minimum Gasteiger partial charge on any atom is -0.459 e. The van der Waals surface area contributed by atoms with Crippen LogP contribution in [0.1, 0.15) is 0 Å². The summed E-state index contributed by atoms with van der Waals surface area (Å²) in [5.74, 6) is -0.0889. The Hall–Kier alpha value is -2.86. The maximum absolute atomic E-state index is 12.1. The number of methoxy groups -OCH3 is 1. The number of nitro benzene ring substituents is 1. The van der Waals surface area contributed by atoms with Gasteiger partial charge in [-0.15, -0.1) is 10.2 Å². The highest BCUT2D eigenvalue weighted by Crippen LogP contribution is 2.41. The molecule has 0 aliphatic heterocycles. The predicted molar refractivity (Wildman–Crippen MR) is 82.5 cm³/mol. The van der Waals surface area contributed by atoms with Crippen LogP contribution in [-0.2, 0) is 4.74 Å². The molecule has 12 heteroatoms. The van der Waals surface area contributed by atoms with Crippen LogP contribution in [0.3, 0.4) is 0 Å². The summed E-state index contributed by atoms with van der Waals surface area (Å²) in [6.07, 6.45) is 0. The van der Waals surface area contributed by atoms with E-state index in [1.54, 1.807) is 0 Å². The van der Waals surface area contributed by atoms with Gasteiger partial charge in [0.05, 0.1) is 9.40 Å². The lowest BCUT2D eigenvalue weighted by Crippen LogP contribution is -2.07. The number of tetrazole rings is 1. The molecule has 0 atom stereocenters. The number of aromatic nitrogens is 4. The maximum atomic E-state index is 12.1. The normalized spacial score (nSPS) is 10.9. The van der Waals surface area contributed by atoms with E-state index >= 15 is 0 Å². The highest BCUT2D eigenvalue weighted by molar-refractivity contribution is 9.10. The van der Waals surface area contributed by atoms with Crippen LogP contribution in [-0.4, -0.2) is 39.5 Å². The van der Waals surface area contributed by atoms with Gasteiger partial charge in [-0.1, -0.05) is 0 Å². The molecule has 0 unspecified atom stereocenters. The Balaban J connectivity index is 2.30. The molecule has 2 aromatic heterocycles. The van der Waals surface area contributed by atoms with Crippen molar-refractivity contribution in [2.45, 2.75) is 0 Å². The van der Waals surface area contributed by atoms with Gasteiger partial charge in [0, 0.05) is 12.5 Å². The number of fused-ring (bicyclic) bond motifs is 1. The van der Waals surface area contributed by atoms with Crippen molar-refractivity contribution in [1.29, 1.82) is 0 Å². The summed E-state index contributed by atoms with van der Waals surface area (Å²) in [5, 5.41) is 24.7. The SMILES string of the molecule is COCOc1c(Br)cc2cc(-c3nn[nH]n3)c(=O)oc2c1[N+](=O)[O-]. The lowest BCUT2D eigenvalue weighted by Gasteiger charge is -2.09. The van der Waals surface area contributed by atoms with Crippen molar-refractivity contribution in [3.05, 3.63) is 37.1 Å². The van der Waals surface area contributed by atoms with E-state index in [9.17, 15) is 14.9 Å². The summed E-state index contributed by atoms with van der Waals surface area (Å²) in [4.78, 5) is 22.9. The fourth-order valence-electron chi connectivity index (χ4n) is 2.05. The van der Waals surface area contributed by atoms with Crippen LogP contribution in [0.25, 0.3) is 22.4 Å². The van der Waals surface area contributed by atoms with Crippen LogP contribution in [0, 0.1) is 10.1 Å². The summed E-state index contributed by atoms with van der Waals surface area (Å²) >= 11 is 3.20. The molecule has 124 valence electrons. The molecule has 3 rings (SSSR count). The van der Waals surface area contributed by atoms with Crippen LogP contribution in [0.2, 0.25) is 0 Å². The third-order valence-corrected chi connectivity index (χ3v) is 3.58. The third kappa shape index (κ3) is 2.72. The van der Waals surface area contributed by atoms with E-state index in [0.29, 0.717) is 4.47 Å².